The summed E-state index contributed by atoms with van der Waals surface area (Å²) in [5.41, 5.74) is 0.913. The van der Waals surface area contributed by atoms with Gasteiger partial charge in [-0.25, -0.2) is 0 Å². The zero-order chi connectivity index (χ0) is 22.8. The molecule has 1 aromatic carbocycles. The van der Waals surface area contributed by atoms with Crippen LogP contribution in [0.3, 0.4) is 0 Å². The zero-order valence-corrected chi connectivity index (χ0v) is 20.8. The average molecular weight is 496 g/mol. The highest BCUT2D eigenvalue weighted by atomic mass is 35.5. The highest BCUT2D eigenvalue weighted by Crippen LogP contribution is 2.32. The third-order valence-electron chi connectivity index (χ3n) is 7.77. The Morgan fingerprint density at radius 1 is 1.00 bits per heavy atom. The van der Waals surface area contributed by atoms with Crippen molar-refractivity contribution in [3.63, 3.8) is 0 Å². The van der Waals surface area contributed by atoms with Crippen LogP contribution in [0.25, 0.3) is 0 Å². The van der Waals surface area contributed by atoms with Gasteiger partial charge in [0.1, 0.15) is 0 Å². The van der Waals surface area contributed by atoms with Gasteiger partial charge in [-0.3, -0.25) is 9.69 Å². The van der Waals surface area contributed by atoms with Crippen molar-refractivity contribution in [2.24, 2.45) is 5.92 Å². The van der Waals surface area contributed by atoms with Gasteiger partial charge in [0.05, 0.1) is 47.9 Å². The summed E-state index contributed by atoms with van der Waals surface area (Å²) in [6.45, 7) is 8.16. The van der Waals surface area contributed by atoms with Gasteiger partial charge in [-0.2, -0.15) is 0 Å². The van der Waals surface area contributed by atoms with E-state index in [1.54, 1.807) is 6.07 Å². The Bertz CT molecular complexity index is 829. The molecule has 1 aromatic rings. The van der Waals surface area contributed by atoms with E-state index in [2.05, 4.69) is 14.7 Å². The fourth-order valence-electron chi connectivity index (χ4n) is 6.14. The summed E-state index contributed by atoms with van der Waals surface area (Å²) in [5, 5.41) is 1.02. The van der Waals surface area contributed by atoms with Crippen LogP contribution in [-0.4, -0.2) is 97.9 Å². The molecule has 4 unspecified atom stereocenters. The second-order valence-electron chi connectivity index (χ2n) is 10.0. The van der Waals surface area contributed by atoms with Crippen molar-refractivity contribution >= 4 is 29.1 Å². The molecule has 0 spiro atoms. The quantitative estimate of drug-likeness (QED) is 0.605. The number of carbonyl (C=O) groups excluding carboxylic acids is 1. The van der Waals surface area contributed by atoms with Gasteiger partial charge >= 0.3 is 0 Å². The predicted molar refractivity (Wildman–Crippen MR) is 130 cm³/mol. The fourth-order valence-corrected chi connectivity index (χ4v) is 6.46. The van der Waals surface area contributed by atoms with Crippen molar-refractivity contribution in [1.29, 1.82) is 0 Å². The van der Waals surface area contributed by atoms with Crippen LogP contribution < -0.4 is 0 Å². The van der Waals surface area contributed by atoms with Gasteiger partial charge in [-0.05, 0) is 56.5 Å². The van der Waals surface area contributed by atoms with Gasteiger partial charge in [0.25, 0.3) is 0 Å². The first-order valence-corrected chi connectivity index (χ1v) is 13.2. The molecule has 4 heterocycles. The topological polar surface area (TPSA) is 45.3 Å². The molecule has 0 aliphatic carbocycles. The number of carbonyl (C=O) groups is 1. The maximum atomic E-state index is 13.6. The van der Waals surface area contributed by atoms with Crippen LogP contribution in [0, 0.1) is 5.92 Å². The SMILES string of the molecule is O=C(Cc1ccc(Cl)c(Cl)c1)N1CCN(CC2CCCO2)C2COCC(CN3CCCC3)C21. The third kappa shape index (κ3) is 5.52. The molecule has 182 valence electrons. The van der Waals surface area contributed by atoms with E-state index < -0.39 is 0 Å². The number of hydrogen-bond acceptors (Lipinski definition) is 5. The maximum Gasteiger partial charge on any atom is 0.227 e. The van der Waals surface area contributed by atoms with E-state index in [-0.39, 0.29) is 18.0 Å². The van der Waals surface area contributed by atoms with Crippen LogP contribution >= 0.6 is 23.2 Å². The van der Waals surface area contributed by atoms with Crippen LogP contribution in [0.4, 0.5) is 0 Å². The number of ether oxygens (including phenoxy) is 2. The Morgan fingerprint density at radius 3 is 2.61 bits per heavy atom. The van der Waals surface area contributed by atoms with Crippen molar-refractivity contribution < 1.29 is 14.3 Å². The summed E-state index contributed by atoms with van der Waals surface area (Å²) >= 11 is 12.3. The summed E-state index contributed by atoms with van der Waals surface area (Å²) in [7, 11) is 0. The van der Waals surface area contributed by atoms with E-state index in [0.717, 1.165) is 70.9 Å². The fraction of sp³-hybridized carbons (Fsp3) is 0.720. The molecule has 4 atom stereocenters. The number of rotatable bonds is 6. The molecule has 0 N–H and O–H groups in total. The summed E-state index contributed by atoms with van der Waals surface area (Å²) < 4.78 is 12.1. The molecule has 6 nitrogen and oxygen atoms in total. The Labute approximate surface area is 207 Å². The van der Waals surface area contributed by atoms with Gasteiger partial charge < -0.3 is 19.3 Å². The average Bonchev–Trinajstić information content (AvgIpc) is 3.51. The molecule has 4 fully saturated rings. The van der Waals surface area contributed by atoms with Gasteiger partial charge in [0, 0.05) is 38.7 Å². The molecular formula is C25H35Cl2N3O3. The van der Waals surface area contributed by atoms with E-state index in [1.807, 2.05) is 12.1 Å². The van der Waals surface area contributed by atoms with E-state index >= 15 is 0 Å². The van der Waals surface area contributed by atoms with Crippen LogP contribution in [0.1, 0.15) is 31.2 Å². The van der Waals surface area contributed by atoms with E-state index in [9.17, 15) is 4.79 Å². The number of likely N-dealkylation sites (tertiary alicyclic amines) is 1. The van der Waals surface area contributed by atoms with Crippen LogP contribution in [-0.2, 0) is 20.7 Å². The predicted octanol–water partition coefficient (Wildman–Crippen LogP) is 3.34. The molecule has 4 aliphatic heterocycles. The normalized spacial score (nSPS) is 31.2. The summed E-state index contributed by atoms with van der Waals surface area (Å²) in [6.07, 6.45) is 5.48. The number of nitrogens with zero attached hydrogens (tertiary/aromatic N) is 3. The van der Waals surface area contributed by atoms with Crippen molar-refractivity contribution in [2.75, 3.05) is 59.1 Å². The number of piperazine rings is 1. The first-order chi connectivity index (χ1) is 16.1. The van der Waals surface area contributed by atoms with Crippen molar-refractivity contribution in [1.82, 2.24) is 14.7 Å². The lowest BCUT2D eigenvalue weighted by Gasteiger charge is -2.53. The number of benzene rings is 1. The van der Waals surface area contributed by atoms with Gasteiger partial charge in [0.2, 0.25) is 5.91 Å². The molecule has 5 rings (SSSR count). The molecule has 8 heteroatoms. The number of fused-ring (bicyclic) bond motifs is 1. The van der Waals surface area contributed by atoms with Gasteiger partial charge in [0.15, 0.2) is 0 Å². The Kier molecular flexibility index (Phi) is 7.80. The third-order valence-corrected chi connectivity index (χ3v) is 8.51. The summed E-state index contributed by atoms with van der Waals surface area (Å²) in [6, 6.07) is 5.90. The molecule has 0 saturated carbocycles. The molecule has 1 amide bonds. The highest BCUT2D eigenvalue weighted by Gasteiger charge is 2.46. The second kappa shape index (κ2) is 10.8. The van der Waals surface area contributed by atoms with Crippen molar-refractivity contribution in [2.45, 2.75) is 50.3 Å². The molecule has 0 aromatic heterocycles. The number of hydrogen-bond donors (Lipinski definition) is 0. The van der Waals surface area contributed by atoms with Crippen LogP contribution in [0.2, 0.25) is 10.0 Å². The maximum absolute atomic E-state index is 13.6. The first kappa shape index (κ1) is 23.8. The van der Waals surface area contributed by atoms with E-state index in [4.69, 9.17) is 32.7 Å². The Balaban J connectivity index is 1.34. The second-order valence-corrected chi connectivity index (χ2v) is 10.8. The summed E-state index contributed by atoms with van der Waals surface area (Å²) in [4.78, 5) is 20.9. The molecule has 4 saturated heterocycles. The zero-order valence-electron chi connectivity index (χ0n) is 19.3. The standard InChI is InChI=1S/C25H35Cl2N3O3/c26-21-6-5-18(12-22(21)27)13-24(31)30-10-9-29(15-20-4-3-11-33-20)23-17-32-16-19(25(23)30)14-28-7-1-2-8-28/h5-6,12,19-20,23,25H,1-4,7-11,13-17H2. The van der Waals surface area contributed by atoms with Crippen molar-refractivity contribution in [3.05, 3.63) is 33.8 Å². The van der Waals surface area contributed by atoms with Crippen LogP contribution in [0.5, 0.6) is 0 Å². The molecule has 0 bridgehead atoms. The number of halogens is 2. The van der Waals surface area contributed by atoms with Gasteiger partial charge in [-0.15, -0.1) is 0 Å². The smallest absolute Gasteiger partial charge is 0.227 e. The van der Waals surface area contributed by atoms with Crippen molar-refractivity contribution in [3.8, 4) is 0 Å². The minimum atomic E-state index is 0.171. The lowest BCUT2D eigenvalue weighted by molar-refractivity contribution is -0.153. The largest absolute Gasteiger partial charge is 0.379 e. The first-order valence-electron chi connectivity index (χ1n) is 12.5. The minimum absolute atomic E-state index is 0.171. The number of amides is 1. The van der Waals surface area contributed by atoms with Gasteiger partial charge in [-0.1, -0.05) is 29.3 Å². The highest BCUT2D eigenvalue weighted by molar-refractivity contribution is 6.42. The van der Waals surface area contributed by atoms with E-state index in [1.165, 1.54) is 12.8 Å². The summed E-state index contributed by atoms with van der Waals surface area (Å²) in [5.74, 6) is 0.500. The molecule has 4 aliphatic rings. The molecule has 33 heavy (non-hydrogen) atoms. The lowest BCUT2D eigenvalue weighted by atomic mass is 9.86. The van der Waals surface area contributed by atoms with Crippen LogP contribution in [0.15, 0.2) is 18.2 Å². The lowest BCUT2D eigenvalue weighted by Crippen LogP contribution is -2.69. The monoisotopic (exact) mass is 495 g/mol. The molecular weight excluding hydrogens is 461 g/mol. The Hall–Kier alpha value is -0.890. The van der Waals surface area contributed by atoms with E-state index in [0.29, 0.717) is 35.1 Å². The Morgan fingerprint density at radius 2 is 1.85 bits per heavy atom. The molecule has 0 radical (unpaired) electrons. The minimum Gasteiger partial charge on any atom is -0.379 e.